The Balaban J connectivity index is 0.00000324. The lowest BCUT2D eigenvalue weighted by molar-refractivity contribution is -0.139. The standard InChI is InChI=1S/C14H21NO3.H3N/c1-2-3-4-9-15-13(14(17)18)10-11-5-7-12(16)8-6-11;/h5-8,13,15-16H,2-4,9-10H2,1H3,(H,17,18);1H3. The maximum absolute atomic E-state index is 11.1. The van der Waals surface area contributed by atoms with E-state index in [0.717, 1.165) is 31.4 Å². The molecule has 108 valence electrons. The number of nitrogens with one attached hydrogen (secondary N) is 1. The molecule has 0 aliphatic carbocycles. The molecule has 1 unspecified atom stereocenters. The highest BCUT2D eigenvalue weighted by Gasteiger charge is 2.16. The first-order chi connectivity index (χ1) is 8.63. The third-order valence-corrected chi connectivity index (χ3v) is 2.85. The molecule has 1 rings (SSSR count). The van der Waals surface area contributed by atoms with Gasteiger partial charge >= 0.3 is 5.97 Å². The minimum atomic E-state index is -0.834. The first kappa shape index (κ1) is 17.4. The molecule has 1 aromatic rings. The van der Waals surface area contributed by atoms with Crippen LogP contribution in [0.25, 0.3) is 0 Å². The summed E-state index contributed by atoms with van der Waals surface area (Å²) in [4.78, 5) is 11.1. The van der Waals surface area contributed by atoms with Gasteiger partial charge < -0.3 is 21.7 Å². The van der Waals surface area contributed by atoms with Crippen LogP contribution in [0.4, 0.5) is 0 Å². The van der Waals surface area contributed by atoms with Gasteiger partial charge in [0.25, 0.3) is 0 Å². The van der Waals surface area contributed by atoms with Crippen LogP contribution in [-0.2, 0) is 11.2 Å². The van der Waals surface area contributed by atoms with Crippen LogP contribution in [-0.4, -0.2) is 28.8 Å². The summed E-state index contributed by atoms with van der Waals surface area (Å²) < 4.78 is 0. The first-order valence-corrected chi connectivity index (χ1v) is 6.37. The number of unbranched alkanes of at least 4 members (excludes halogenated alkanes) is 2. The summed E-state index contributed by atoms with van der Waals surface area (Å²) in [6, 6.07) is 6.08. The Morgan fingerprint density at radius 3 is 2.42 bits per heavy atom. The quantitative estimate of drug-likeness (QED) is 0.542. The smallest absolute Gasteiger partial charge is 0.321 e. The lowest BCUT2D eigenvalue weighted by Gasteiger charge is -2.14. The van der Waals surface area contributed by atoms with E-state index in [1.165, 1.54) is 0 Å². The van der Waals surface area contributed by atoms with Gasteiger partial charge in [0.1, 0.15) is 11.8 Å². The summed E-state index contributed by atoms with van der Waals surface area (Å²) >= 11 is 0. The van der Waals surface area contributed by atoms with E-state index in [1.807, 2.05) is 0 Å². The van der Waals surface area contributed by atoms with Crippen LogP contribution in [0, 0.1) is 0 Å². The Morgan fingerprint density at radius 2 is 1.89 bits per heavy atom. The van der Waals surface area contributed by atoms with Crippen LogP contribution in [0.1, 0.15) is 31.7 Å². The lowest BCUT2D eigenvalue weighted by atomic mass is 10.1. The molecule has 5 heteroatoms. The Morgan fingerprint density at radius 1 is 1.26 bits per heavy atom. The molecule has 0 fully saturated rings. The lowest BCUT2D eigenvalue weighted by Crippen LogP contribution is -2.39. The zero-order chi connectivity index (χ0) is 13.4. The zero-order valence-corrected chi connectivity index (χ0v) is 11.4. The number of hydrogen-bond donors (Lipinski definition) is 4. The molecule has 0 saturated carbocycles. The molecule has 0 saturated heterocycles. The third kappa shape index (κ3) is 6.79. The number of hydrogen-bond acceptors (Lipinski definition) is 4. The molecule has 0 radical (unpaired) electrons. The number of carbonyl (C=O) groups is 1. The molecular weight excluding hydrogens is 244 g/mol. The predicted octanol–water partition coefficient (Wildman–Crippen LogP) is 2.33. The minimum absolute atomic E-state index is 0. The molecule has 0 heterocycles. The van der Waals surface area contributed by atoms with Gasteiger partial charge in [-0.25, -0.2) is 0 Å². The predicted molar refractivity (Wildman–Crippen MR) is 75.8 cm³/mol. The number of phenolic OH excluding ortho intramolecular Hbond substituents is 1. The van der Waals surface area contributed by atoms with Gasteiger partial charge in [0.2, 0.25) is 0 Å². The molecular formula is C14H24N2O3. The number of carboxylic acid groups (broad SMARTS) is 1. The molecule has 6 N–H and O–H groups in total. The van der Waals surface area contributed by atoms with Crippen molar-refractivity contribution >= 4 is 5.97 Å². The van der Waals surface area contributed by atoms with Crippen molar-refractivity contribution in [1.82, 2.24) is 11.5 Å². The molecule has 19 heavy (non-hydrogen) atoms. The maximum Gasteiger partial charge on any atom is 0.321 e. The van der Waals surface area contributed by atoms with Crippen molar-refractivity contribution < 1.29 is 15.0 Å². The molecule has 0 aliphatic rings. The molecule has 1 aromatic carbocycles. The van der Waals surface area contributed by atoms with E-state index in [1.54, 1.807) is 24.3 Å². The largest absolute Gasteiger partial charge is 0.508 e. The van der Waals surface area contributed by atoms with Gasteiger partial charge in [0.15, 0.2) is 0 Å². The Bertz CT molecular complexity index is 365. The van der Waals surface area contributed by atoms with Crippen LogP contribution in [0.15, 0.2) is 24.3 Å². The van der Waals surface area contributed by atoms with E-state index in [-0.39, 0.29) is 11.9 Å². The summed E-state index contributed by atoms with van der Waals surface area (Å²) in [5.41, 5.74) is 0.906. The summed E-state index contributed by atoms with van der Waals surface area (Å²) in [6.45, 7) is 2.84. The monoisotopic (exact) mass is 268 g/mol. The minimum Gasteiger partial charge on any atom is -0.508 e. The molecule has 1 atom stereocenters. The van der Waals surface area contributed by atoms with Crippen LogP contribution in [0.5, 0.6) is 5.75 Å². The fourth-order valence-corrected chi connectivity index (χ4v) is 1.77. The van der Waals surface area contributed by atoms with E-state index in [0.29, 0.717) is 6.42 Å². The maximum atomic E-state index is 11.1. The first-order valence-electron chi connectivity index (χ1n) is 6.37. The third-order valence-electron chi connectivity index (χ3n) is 2.85. The molecule has 0 amide bonds. The average Bonchev–Trinajstić information content (AvgIpc) is 2.35. The van der Waals surface area contributed by atoms with Gasteiger partial charge in [-0.15, -0.1) is 0 Å². The van der Waals surface area contributed by atoms with Crippen molar-refractivity contribution in [2.45, 2.75) is 38.6 Å². The van der Waals surface area contributed by atoms with Crippen molar-refractivity contribution in [3.05, 3.63) is 29.8 Å². The zero-order valence-electron chi connectivity index (χ0n) is 11.4. The Hall–Kier alpha value is -1.59. The Kier molecular flexibility index (Phi) is 8.57. The molecule has 5 nitrogen and oxygen atoms in total. The highest BCUT2D eigenvalue weighted by Crippen LogP contribution is 2.11. The van der Waals surface area contributed by atoms with Crippen molar-refractivity contribution in [2.24, 2.45) is 0 Å². The highest BCUT2D eigenvalue weighted by atomic mass is 16.4. The average molecular weight is 268 g/mol. The highest BCUT2D eigenvalue weighted by molar-refractivity contribution is 5.73. The van der Waals surface area contributed by atoms with Crippen molar-refractivity contribution in [1.29, 1.82) is 0 Å². The van der Waals surface area contributed by atoms with Crippen molar-refractivity contribution in [2.75, 3.05) is 6.54 Å². The second-order valence-corrected chi connectivity index (χ2v) is 4.42. The second-order valence-electron chi connectivity index (χ2n) is 4.42. The van der Waals surface area contributed by atoms with Gasteiger partial charge in [0, 0.05) is 0 Å². The number of benzene rings is 1. The van der Waals surface area contributed by atoms with Gasteiger partial charge in [-0.05, 0) is 37.1 Å². The van der Waals surface area contributed by atoms with Crippen molar-refractivity contribution in [3.8, 4) is 5.75 Å². The SMILES string of the molecule is CCCCCNC(Cc1ccc(O)cc1)C(=O)O.N. The second kappa shape index (κ2) is 9.35. The van der Waals surface area contributed by atoms with Crippen LogP contribution in [0.3, 0.4) is 0 Å². The van der Waals surface area contributed by atoms with Crippen LogP contribution < -0.4 is 11.5 Å². The van der Waals surface area contributed by atoms with Crippen LogP contribution >= 0.6 is 0 Å². The van der Waals surface area contributed by atoms with Crippen molar-refractivity contribution in [3.63, 3.8) is 0 Å². The van der Waals surface area contributed by atoms with E-state index >= 15 is 0 Å². The van der Waals surface area contributed by atoms with E-state index in [9.17, 15) is 4.79 Å². The van der Waals surface area contributed by atoms with Crippen LogP contribution in [0.2, 0.25) is 0 Å². The fraction of sp³-hybridized carbons (Fsp3) is 0.500. The van der Waals surface area contributed by atoms with Gasteiger partial charge in [-0.3, -0.25) is 4.79 Å². The summed E-state index contributed by atoms with van der Waals surface area (Å²) in [6.07, 6.45) is 3.66. The normalized spacial score (nSPS) is 11.6. The van der Waals surface area contributed by atoms with Gasteiger partial charge in [-0.1, -0.05) is 31.9 Å². The summed E-state index contributed by atoms with van der Waals surface area (Å²) in [5, 5.41) is 21.4. The van der Waals surface area contributed by atoms with E-state index in [4.69, 9.17) is 10.2 Å². The molecule has 0 aromatic heterocycles. The van der Waals surface area contributed by atoms with E-state index < -0.39 is 12.0 Å². The molecule has 0 aliphatic heterocycles. The topological polar surface area (TPSA) is 105 Å². The summed E-state index contributed by atoms with van der Waals surface area (Å²) in [7, 11) is 0. The Labute approximate surface area is 114 Å². The number of aromatic hydroxyl groups is 1. The van der Waals surface area contributed by atoms with Gasteiger partial charge in [0.05, 0.1) is 0 Å². The summed E-state index contributed by atoms with van der Waals surface area (Å²) in [5.74, 6) is -0.638. The number of rotatable bonds is 8. The number of aliphatic carboxylic acids is 1. The fourth-order valence-electron chi connectivity index (χ4n) is 1.77. The molecule has 0 spiro atoms. The number of carboxylic acids is 1. The van der Waals surface area contributed by atoms with Gasteiger partial charge in [-0.2, -0.15) is 0 Å². The molecule has 0 bridgehead atoms. The number of phenols is 1. The van der Waals surface area contributed by atoms with E-state index in [2.05, 4.69) is 12.2 Å².